The van der Waals surface area contributed by atoms with E-state index in [0.29, 0.717) is 0 Å². The Bertz CT molecular complexity index is 3780. The molecule has 9 aromatic rings. The number of fused-ring (bicyclic) bond motifs is 9. The largest absolute Gasteiger partial charge is 0.311 e. The van der Waals surface area contributed by atoms with Crippen molar-refractivity contribution in [3.8, 4) is 22.3 Å². The van der Waals surface area contributed by atoms with Gasteiger partial charge in [0.2, 0.25) is 0 Å². The summed E-state index contributed by atoms with van der Waals surface area (Å²) in [7, 11) is 0. The first kappa shape index (κ1) is 45.5. The van der Waals surface area contributed by atoms with Crippen molar-refractivity contribution in [2.24, 2.45) is 0 Å². The molecule has 0 bridgehead atoms. The van der Waals surface area contributed by atoms with Crippen LogP contribution in [0.5, 0.6) is 0 Å². The van der Waals surface area contributed by atoms with E-state index in [4.69, 9.17) is 0 Å². The Hall–Kier alpha value is -6.36. The second kappa shape index (κ2) is 15.1. The predicted octanol–water partition coefficient (Wildman–Crippen LogP) is 17.3. The third-order valence-corrected chi connectivity index (χ3v) is 18.7. The Kier molecular flexibility index (Phi) is 9.55. The molecule has 4 heteroatoms. The van der Waals surface area contributed by atoms with Crippen molar-refractivity contribution in [2.75, 3.05) is 9.80 Å². The van der Waals surface area contributed by atoms with Crippen LogP contribution in [0.3, 0.4) is 0 Å². The molecule has 0 fully saturated rings. The van der Waals surface area contributed by atoms with E-state index in [9.17, 15) is 0 Å². The van der Waals surface area contributed by atoms with Gasteiger partial charge in [0, 0.05) is 54.2 Å². The summed E-state index contributed by atoms with van der Waals surface area (Å²) in [5, 5.41) is 2.68. The first-order chi connectivity index (χ1) is 34.1. The first-order valence-electron chi connectivity index (χ1n) is 26.5. The summed E-state index contributed by atoms with van der Waals surface area (Å²) in [5.74, 6) is 0. The minimum absolute atomic E-state index is 0.00358. The Morgan fingerprint density at radius 1 is 0.458 bits per heavy atom. The lowest BCUT2D eigenvalue weighted by atomic mass is 9.33. The van der Waals surface area contributed by atoms with E-state index in [-0.39, 0.29) is 33.8 Å². The molecule has 3 heterocycles. The molecule has 4 aliphatic rings. The van der Waals surface area contributed by atoms with Gasteiger partial charge >= 0.3 is 0 Å². The summed E-state index contributed by atoms with van der Waals surface area (Å²) in [5.41, 5.74) is 26.8. The molecule has 0 saturated carbocycles. The molecular weight excluding hydrogens is 888 g/mol. The fraction of sp³-hybridized carbons (Fsp3) is 0.294. The van der Waals surface area contributed by atoms with Gasteiger partial charge in [-0.15, -0.1) is 11.3 Å². The lowest BCUT2D eigenvalue weighted by Gasteiger charge is -2.46. The highest BCUT2D eigenvalue weighted by Gasteiger charge is 2.49. The van der Waals surface area contributed by atoms with E-state index < -0.39 is 0 Å². The van der Waals surface area contributed by atoms with Crippen LogP contribution >= 0.6 is 11.3 Å². The van der Waals surface area contributed by atoms with Crippen molar-refractivity contribution in [3.05, 3.63) is 185 Å². The van der Waals surface area contributed by atoms with Crippen LogP contribution < -0.4 is 26.2 Å². The summed E-state index contributed by atoms with van der Waals surface area (Å²) in [6.45, 7) is 31.4. The van der Waals surface area contributed by atoms with E-state index in [1.165, 1.54) is 132 Å². The van der Waals surface area contributed by atoms with Crippen molar-refractivity contribution in [3.63, 3.8) is 0 Å². The zero-order valence-electron chi connectivity index (χ0n) is 44.7. The van der Waals surface area contributed by atoms with Crippen LogP contribution in [0.1, 0.15) is 128 Å². The molecule has 2 aliphatic heterocycles. The lowest BCUT2D eigenvalue weighted by Crippen LogP contribution is -2.61. The average Bonchev–Trinajstić information content (AvgIpc) is 3.86. The number of anilines is 6. The highest BCUT2D eigenvalue weighted by Crippen LogP contribution is 2.56. The van der Waals surface area contributed by atoms with E-state index in [0.717, 1.165) is 12.8 Å². The molecule has 72 heavy (non-hydrogen) atoms. The standard InChI is InChI=1S/C68H67BN2S/c1-40-30-58-63-59(31-40)71(55-36-50-48(32-41(55)2)65(6,7)38-67(50,10)11)56-33-43(45-23-19-25-61-62(45)46-22-17-18-24-60(46)72-61)26-28-52(56)69(63)53-35-49-51(68(12,13)39-66(49,8)9)37-57(53)70(58)54-29-27-44(64(3,4)5)34-47(54)42-20-15-14-16-21-42/h14-37H,38-39H2,1-13H3. The van der Waals surface area contributed by atoms with Gasteiger partial charge in [-0.25, -0.2) is 0 Å². The summed E-state index contributed by atoms with van der Waals surface area (Å²) in [6.07, 6.45) is 2.23. The number of thiophene rings is 1. The first-order valence-corrected chi connectivity index (χ1v) is 27.3. The summed E-state index contributed by atoms with van der Waals surface area (Å²) in [4.78, 5) is 5.39. The molecule has 2 aliphatic carbocycles. The molecule has 0 spiro atoms. The van der Waals surface area contributed by atoms with Crippen LogP contribution in [-0.4, -0.2) is 6.71 Å². The van der Waals surface area contributed by atoms with Crippen LogP contribution in [0.4, 0.5) is 34.1 Å². The quantitative estimate of drug-likeness (QED) is 0.162. The zero-order valence-corrected chi connectivity index (χ0v) is 45.5. The van der Waals surface area contributed by atoms with Gasteiger partial charge in [-0.1, -0.05) is 167 Å². The maximum absolute atomic E-state index is 2.70. The molecule has 2 nitrogen and oxygen atoms in total. The van der Waals surface area contributed by atoms with Crippen molar-refractivity contribution in [1.29, 1.82) is 0 Å². The van der Waals surface area contributed by atoms with E-state index in [1.807, 2.05) is 11.3 Å². The molecule has 358 valence electrons. The van der Waals surface area contributed by atoms with Crippen LogP contribution in [0.25, 0.3) is 42.4 Å². The van der Waals surface area contributed by atoms with Crippen molar-refractivity contribution in [2.45, 2.75) is 130 Å². The van der Waals surface area contributed by atoms with Gasteiger partial charge in [0.15, 0.2) is 0 Å². The molecule has 0 saturated heterocycles. The number of nitrogens with zero attached hydrogens (tertiary/aromatic N) is 2. The lowest BCUT2D eigenvalue weighted by molar-refractivity contribution is 0.402. The van der Waals surface area contributed by atoms with Crippen molar-refractivity contribution in [1.82, 2.24) is 0 Å². The predicted molar refractivity (Wildman–Crippen MR) is 314 cm³/mol. The number of aryl methyl sites for hydroxylation is 2. The fourth-order valence-corrected chi connectivity index (χ4v) is 15.8. The monoisotopic (exact) mass is 955 g/mol. The molecule has 0 amide bonds. The van der Waals surface area contributed by atoms with Crippen LogP contribution in [0.2, 0.25) is 0 Å². The highest BCUT2D eigenvalue weighted by molar-refractivity contribution is 7.26. The summed E-state index contributed by atoms with van der Waals surface area (Å²) >= 11 is 1.90. The minimum Gasteiger partial charge on any atom is -0.311 e. The van der Waals surface area contributed by atoms with E-state index >= 15 is 0 Å². The van der Waals surface area contributed by atoms with Gasteiger partial charge in [0.25, 0.3) is 6.71 Å². The Morgan fingerprint density at radius 2 is 1.04 bits per heavy atom. The Labute approximate surface area is 432 Å². The second-order valence-electron chi connectivity index (χ2n) is 25.7. The molecule has 0 unspecified atom stereocenters. The average molecular weight is 955 g/mol. The molecule has 0 N–H and O–H groups in total. The van der Waals surface area contributed by atoms with Crippen LogP contribution in [0.15, 0.2) is 146 Å². The van der Waals surface area contributed by atoms with Crippen LogP contribution in [0, 0.1) is 13.8 Å². The highest BCUT2D eigenvalue weighted by atomic mass is 32.1. The van der Waals surface area contributed by atoms with Crippen molar-refractivity contribution >= 4 is 88.7 Å². The van der Waals surface area contributed by atoms with Gasteiger partial charge in [-0.3, -0.25) is 0 Å². The maximum Gasteiger partial charge on any atom is 0.252 e. The van der Waals surface area contributed by atoms with Gasteiger partial charge in [-0.2, -0.15) is 0 Å². The van der Waals surface area contributed by atoms with Gasteiger partial charge < -0.3 is 9.80 Å². The molecule has 13 rings (SSSR count). The number of benzene rings is 8. The molecule has 0 atom stereocenters. The topological polar surface area (TPSA) is 6.48 Å². The van der Waals surface area contributed by atoms with Gasteiger partial charge in [-0.05, 0) is 180 Å². The summed E-state index contributed by atoms with van der Waals surface area (Å²) in [6, 6.07) is 57.3. The Morgan fingerprint density at radius 3 is 1.72 bits per heavy atom. The van der Waals surface area contributed by atoms with Gasteiger partial charge in [0.1, 0.15) is 0 Å². The number of rotatable bonds is 4. The third kappa shape index (κ3) is 6.59. The normalized spacial score (nSPS) is 17.5. The molecule has 8 aromatic carbocycles. The summed E-state index contributed by atoms with van der Waals surface area (Å²) < 4.78 is 2.67. The fourth-order valence-electron chi connectivity index (χ4n) is 14.7. The minimum atomic E-state index is -0.0193. The smallest absolute Gasteiger partial charge is 0.252 e. The molecule has 0 radical (unpaired) electrons. The molecular formula is C68H67BN2S. The SMILES string of the molecule is Cc1cc2c3c(c1)N(c1ccc(C(C)(C)C)cc1-c1ccccc1)c1cc4c(cc1B3c1ccc(-c3cccc5sc6ccccc6c35)cc1N2c1cc2c(cc1C)C(C)(C)CC2(C)C)C(C)(C)CC4(C)C. The van der Waals surface area contributed by atoms with E-state index in [1.54, 1.807) is 0 Å². The number of hydrogen-bond donors (Lipinski definition) is 0. The van der Waals surface area contributed by atoms with Crippen molar-refractivity contribution < 1.29 is 0 Å². The van der Waals surface area contributed by atoms with Gasteiger partial charge in [0.05, 0.1) is 5.69 Å². The number of hydrogen-bond acceptors (Lipinski definition) is 3. The zero-order chi connectivity index (χ0) is 50.2. The van der Waals surface area contributed by atoms with E-state index in [2.05, 4.69) is 245 Å². The van der Waals surface area contributed by atoms with Crippen LogP contribution in [-0.2, 0) is 27.1 Å². The third-order valence-electron chi connectivity index (χ3n) is 17.5. The maximum atomic E-state index is 2.70. The second-order valence-corrected chi connectivity index (χ2v) is 26.8. The Balaban J connectivity index is 1.15. The molecule has 1 aromatic heterocycles.